The molecule has 162 valence electrons. The van der Waals surface area contributed by atoms with Crippen LogP contribution in [0.4, 0.5) is 5.69 Å². The van der Waals surface area contributed by atoms with Gasteiger partial charge in [0.2, 0.25) is 11.7 Å². The minimum atomic E-state index is -0.591. The number of carbonyl (C=O) groups is 1. The van der Waals surface area contributed by atoms with Gasteiger partial charge in [-0.15, -0.1) is 10.2 Å². The van der Waals surface area contributed by atoms with Crippen molar-refractivity contribution in [3.63, 3.8) is 0 Å². The predicted octanol–water partition coefficient (Wildman–Crippen LogP) is 3.19. The molecular formula is C24H30N6O. The molecule has 2 aromatic carbocycles. The summed E-state index contributed by atoms with van der Waals surface area (Å²) in [4.78, 5) is 19.1. The Labute approximate surface area is 183 Å². The molecule has 1 fully saturated rings. The summed E-state index contributed by atoms with van der Waals surface area (Å²) < 4.78 is 0. The highest BCUT2D eigenvalue weighted by Crippen LogP contribution is 2.40. The van der Waals surface area contributed by atoms with Crippen molar-refractivity contribution in [1.82, 2.24) is 25.1 Å². The molecule has 0 atom stereocenters. The van der Waals surface area contributed by atoms with Gasteiger partial charge in [-0.3, -0.25) is 9.69 Å². The third-order valence-corrected chi connectivity index (χ3v) is 6.16. The van der Waals surface area contributed by atoms with E-state index in [-0.39, 0.29) is 5.91 Å². The van der Waals surface area contributed by atoms with Crippen molar-refractivity contribution in [3.8, 4) is 0 Å². The third kappa shape index (κ3) is 4.51. The van der Waals surface area contributed by atoms with Crippen molar-refractivity contribution in [3.05, 3.63) is 72.1 Å². The van der Waals surface area contributed by atoms with Crippen LogP contribution in [-0.4, -0.2) is 50.6 Å². The van der Waals surface area contributed by atoms with E-state index in [2.05, 4.69) is 50.6 Å². The molecule has 1 amide bonds. The van der Waals surface area contributed by atoms with Gasteiger partial charge in [-0.25, -0.2) is 0 Å². The fourth-order valence-electron chi connectivity index (χ4n) is 4.46. The van der Waals surface area contributed by atoms with Gasteiger partial charge in [0.25, 0.3) is 0 Å². The van der Waals surface area contributed by atoms with Crippen LogP contribution in [0.5, 0.6) is 0 Å². The van der Waals surface area contributed by atoms with Crippen LogP contribution in [-0.2, 0) is 23.8 Å². The number of piperidine rings is 1. The molecule has 0 N–H and O–H groups in total. The molecule has 0 saturated carbocycles. The Bertz CT molecular complexity index is 980. The molecule has 31 heavy (non-hydrogen) atoms. The smallest absolute Gasteiger partial charge is 0.227 e. The van der Waals surface area contributed by atoms with E-state index in [0.29, 0.717) is 12.2 Å². The van der Waals surface area contributed by atoms with Gasteiger partial charge < -0.3 is 4.90 Å². The first-order chi connectivity index (χ1) is 15.1. The number of benzene rings is 2. The minimum Gasteiger partial charge on any atom is -0.303 e. The molecule has 7 heteroatoms. The molecule has 1 aromatic heterocycles. The Balaban J connectivity index is 1.60. The minimum absolute atomic E-state index is 0.0800. The number of hydrogen-bond donors (Lipinski definition) is 0. The predicted molar refractivity (Wildman–Crippen MR) is 121 cm³/mol. The summed E-state index contributed by atoms with van der Waals surface area (Å²) in [5.41, 5.74) is 1.65. The number of hydrogen-bond acceptors (Lipinski definition) is 5. The highest BCUT2D eigenvalue weighted by Gasteiger charge is 2.47. The lowest BCUT2D eigenvalue weighted by molar-refractivity contribution is -0.120. The average molecular weight is 419 g/mol. The standard InChI is InChI=1S/C24H30N6O/c1-3-22(31)30(21-12-8-5-9-13-21)24(23-25-27-28(2)26-23)15-18-29(19-16-24)17-14-20-10-6-4-7-11-20/h4-13H,3,14-19H2,1-2H3. The van der Waals surface area contributed by atoms with Crippen LogP contribution >= 0.6 is 0 Å². The van der Waals surface area contributed by atoms with Crippen LogP contribution < -0.4 is 4.90 Å². The lowest BCUT2D eigenvalue weighted by atomic mass is 9.83. The quantitative estimate of drug-likeness (QED) is 0.590. The van der Waals surface area contributed by atoms with E-state index in [9.17, 15) is 4.79 Å². The fourth-order valence-corrected chi connectivity index (χ4v) is 4.46. The number of aryl methyl sites for hydroxylation is 1. The zero-order valence-corrected chi connectivity index (χ0v) is 18.3. The molecule has 4 rings (SSSR count). The Kier molecular flexibility index (Phi) is 6.42. The Morgan fingerprint density at radius 3 is 2.26 bits per heavy atom. The van der Waals surface area contributed by atoms with E-state index >= 15 is 0 Å². The summed E-state index contributed by atoms with van der Waals surface area (Å²) in [5, 5.41) is 13.1. The second-order valence-electron chi connectivity index (χ2n) is 8.13. The SMILES string of the molecule is CCC(=O)N(c1ccccc1)C1(c2nnn(C)n2)CCN(CCc2ccccc2)CC1. The van der Waals surface area contributed by atoms with Gasteiger partial charge in [0, 0.05) is 31.7 Å². The monoisotopic (exact) mass is 418 g/mol. The van der Waals surface area contributed by atoms with Crippen molar-refractivity contribution in [2.45, 2.75) is 38.1 Å². The normalized spacial score (nSPS) is 16.2. The molecular weight excluding hydrogens is 388 g/mol. The molecule has 1 aliphatic heterocycles. The largest absolute Gasteiger partial charge is 0.303 e. The topological polar surface area (TPSA) is 67.2 Å². The Morgan fingerprint density at radius 2 is 1.68 bits per heavy atom. The Morgan fingerprint density at radius 1 is 1.03 bits per heavy atom. The van der Waals surface area contributed by atoms with Crippen LogP contribution in [0.25, 0.3) is 0 Å². The van der Waals surface area contributed by atoms with Crippen LogP contribution in [0.1, 0.15) is 37.6 Å². The number of aromatic nitrogens is 4. The summed E-state index contributed by atoms with van der Waals surface area (Å²) in [5.74, 6) is 0.708. The van der Waals surface area contributed by atoms with Crippen LogP contribution in [0.3, 0.4) is 0 Å². The molecule has 2 heterocycles. The maximum absolute atomic E-state index is 13.2. The first-order valence-corrected chi connectivity index (χ1v) is 11.0. The van der Waals surface area contributed by atoms with Crippen molar-refractivity contribution in [1.29, 1.82) is 0 Å². The average Bonchev–Trinajstić information content (AvgIpc) is 3.27. The maximum atomic E-state index is 13.2. The van der Waals surface area contributed by atoms with Crippen molar-refractivity contribution in [2.24, 2.45) is 7.05 Å². The van der Waals surface area contributed by atoms with Gasteiger partial charge in [0.05, 0.1) is 7.05 Å². The third-order valence-electron chi connectivity index (χ3n) is 6.16. The number of likely N-dealkylation sites (tertiary alicyclic amines) is 1. The lowest BCUT2D eigenvalue weighted by Gasteiger charge is -2.47. The van der Waals surface area contributed by atoms with E-state index in [0.717, 1.165) is 44.6 Å². The second-order valence-corrected chi connectivity index (χ2v) is 8.13. The lowest BCUT2D eigenvalue weighted by Crippen LogP contribution is -2.56. The summed E-state index contributed by atoms with van der Waals surface area (Å²) in [6.07, 6.45) is 2.99. The van der Waals surface area contributed by atoms with Crippen molar-refractivity contribution >= 4 is 11.6 Å². The Hall–Kier alpha value is -3.06. The number of para-hydroxylation sites is 1. The van der Waals surface area contributed by atoms with Crippen molar-refractivity contribution < 1.29 is 4.79 Å². The van der Waals surface area contributed by atoms with Gasteiger partial charge in [-0.05, 0) is 42.2 Å². The molecule has 0 radical (unpaired) electrons. The van der Waals surface area contributed by atoms with Crippen LogP contribution in [0.2, 0.25) is 0 Å². The first kappa shape index (κ1) is 21.2. The molecule has 1 saturated heterocycles. The first-order valence-electron chi connectivity index (χ1n) is 11.0. The van der Waals surface area contributed by atoms with Crippen LogP contribution in [0, 0.1) is 0 Å². The summed E-state index contributed by atoms with van der Waals surface area (Å²) in [6.45, 7) is 4.67. The number of tetrazole rings is 1. The van der Waals surface area contributed by atoms with Crippen LogP contribution in [0.15, 0.2) is 60.7 Å². The van der Waals surface area contributed by atoms with Gasteiger partial charge >= 0.3 is 0 Å². The number of amides is 1. The molecule has 0 spiro atoms. The number of carbonyl (C=O) groups excluding carboxylic acids is 1. The van der Waals surface area contributed by atoms with Gasteiger partial charge in [-0.2, -0.15) is 4.80 Å². The van der Waals surface area contributed by atoms with E-state index < -0.39 is 5.54 Å². The highest BCUT2D eigenvalue weighted by atomic mass is 16.2. The van der Waals surface area contributed by atoms with Gasteiger partial charge in [0.1, 0.15) is 5.54 Å². The van der Waals surface area contributed by atoms with E-state index in [1.807, 2.05) is 42.2 Å². The summed E-state index contributed by atoms with van der Waals surface area (Å²) >= 11 is 0. The number of nitrogens with zero attached hydrogens (tertiary/aromatic N) is 6. The summed E-state index contributed by atoms with van der Waals surface area (Å²) in [6, 6.07) is 20.5. The van der Waals surface area contributed by atoms with Gasteiger partial charge in [-0.1, -0.05) is 55.5 Å². The van der Waals surface area contributed by atoms with E-state index in [4.69, 9.17) is 0 Å². The molecule has 3 aromatic rings. The van der Waals surface area contributed by atoms with E-state index in [1.165, 1.54) is 10.4 Å². The molecule has 1 aliphatic rings. The zero-order valence-electron chi connectivity index (χ0n) is 18.3. The molecule has 7 nitrogen and oxygen atoms in total. The molecule has 0 bridgehead atoms. The zero-order chi connectivity index (χ0) is 21.7. The summed E-state index contributed by atoms with van der Waals surface area (Å²) in [7, 11) is 1.77. The number of anilines is 1. The van der Waals surface area contributed by atoms with Gasteiger partial charge in [0.15, 0.2) is 0 Å². The van der Waals surface area contributed by atoms with Crippen molar-refractivity contribution in [2.75, 3.05) is 24.5 Å². The fraction of sp³-hybridized carbons (Fsp3) is 0.417. The highest BCUT2D eigenvalue weighted by molar-refractivity contribution is 5.94. The maximum Gasteiger partial charge on any atom is 0.227 e. The molecule has 0 aliphatic carbocycles. The molecule has 0 unspecified atom stereocenters. The second kappa shape index (κ2) is 9.39. The van der Waals surface area contributed by atoms with E-state index in [1.54, 1.807) is 7.05 Å². The number of rotatable bonds is 7.